The van der Waals surface area contributed by atoms with Crippen LogP contribution in [0, 0.1) is 19.7 Å². The van der Waals surface area contributed by atoms with Crippen molar-refractivity contribution in [3.63, 3.8) is 0 Å². The molecule has 3 nitrogen and oxygen atoms in total. The highest BCUT2D eigenvalue weighted by Gasteiger charge is 2.27. The molecule has 0 aromatic heterocycles. The molecule has 0 amide bonds. The molecule has 0 N–H and O–H groups in total. The number of hydrogen-bond acceptors (Lipinski definition) is 3. The normalized spacial score (nSPS) is 18.4. The summed E-state index contributed by atoms with van der Waals surface area (Å²) in [6.45, 7) is 7.38. The molecular formula is C28H31FO3. The van der Waals surface area contributed by atoms with Crippen LogP contribution in [0.4, 0.5) is 4.39 Å². The highest BCUT2D eigenvalue weighted by molar-refractivity contribution is 5.36. The van der Waals surface area contributed by atoms with E-state index in [1.807, 2.05) is 69.3 Å². The van der Waals surface area contributed by atoms with E-state index in [-0.39, 0.29) is 17.8 Å². The molecule has 0 aliphatic carbocycles. The number of ether oxygens (including phenoxy) is 3. The topological polar surface area (TPSA) is 27.7 Å². The summed E-state index contributed by atoms with van der Waals surface area (Å²) in [5.41, 5.74) is 4.60. The summed E-state index contributed by atoms with van der Waals surface area (Å²) in [7, 11) is 0. The fourth-order valence-electron chi connectivity index (χ4n) is 4.22. The van der Waals surface area contributed by atoms with Crippen LogP contribution in [0.3, 0.4) is 0 Å². The van der Waals surface area contributed by atoms with Gasteiger partial charge in [0.15, 0.2) is 0 Å². The summed E-state index contributed by atoms with van der Waals surface area (Å²) in [6.07, 6.45) is 1.82. The van der Waals surface area contributed by atoms with Gasteiger partial charge in [0, 0.05) is 5.92 Å². The summed E-state index contributed by atoms with van der Waals surface area (Å²) >= 11 is 0. The molecule has 1 heterocycles. The van der Waals surface area contributed by atoms with E-state index in [9.17, 15) is 0 Å². The average Bonchev–Trinajstić information content (AvgIpc) is 2.82. The van der Waals surface area contributed by atoms with Crippen LogP contribution in [0.1, 0.15) is 59.6 Å². The van der Waals surface area contributed by atoms with E-state index in [2.05, 4.69) is 12.1 Å². The van der Waals surface area contributed by atoms with E-state index in [0.717, 1.165) is 41.0 Å². The lowest BCUT2D eigenvalue weighted by Crippen LogP contribution is -2.20. The van der Waals surface area contributed by atoms with Crippen molar-refractivity contribution < 1.29 is 18.6 Å². The number of halogens is 1. The highest BCUT2D eigenvalue weighted by atomic mass is 19.1. The lowest BCUT2D eigenvalue weighted by molar-refractivity contribution is 0.00169. The maximum atomic E-state index is 15.2. The van der Waals surface area contributed by atoms with Gasteiger partial charge in [-0.15, -0.1) is 0 Å². The first-order valence-electron chi connectivity index (χ1n) is 11.4. The van der Waals surface area contributed by atoms with Crippen molar-refractivity contribution in [3.05, 3.63) is 94.3 Å². The molecule has 2 atom stereocenters. The van der Waals surface area contributed by atoms with Gasteiger partial charge in [0.05, 0.1) is 19.3 Å². The Balaban J connectivity index is 1.38. The molecule has 4 rings (SSSR count). The number of hydrogen-bond donors (Lipinski definition) is 0. The van der Waals surface area contributed by atoms with Crippen LogP contribution in [0.15, 0.2) is 60.7 Å². The molecule has 32 heavy (non-hydrogen) atoms. The van der Waals surface area contributed by atoms with E-state index < -0.39 is 0 Å². The van der Waals surface area contributed by atoms with Crippen LogP contribution in [-0.2, 0) is 11.3 Å². The minimum atomic E-state index is -0.136. The summed E-state index contributed by atoms with van der Waals surface area (Å²) in [6, 6.07) is 19.9. The Bertz CT molecular complexity index is 1020. The van der Waals surface area contributed by atoms with Crippen LogP contribution in [0.2, 0.25) is 0 Å². The molecule has 168 valence electrons. The summed E-state index contributed by atoms with van der Waals surface area (Å²) in [5, 5.41) is 0. The van der Waals surface area contributed by atoms with Gasteiger partial charge in [0.1, 0.15) is 23.9 Å². The Hall–Kier alpha value is -2.85. The highest BCUT2D eigenvalue weighted by Crippen LogP contribution is 2.37. The van der Waals surface area contributed by atoms with E-state index >= 15 is 4.39 Å². The summed E-state index contributed by atoms with van der Waals surface area (Å²) < 4.78 is 32.7. The lowest BCUT2D eigenvalue weighted by atomic mass is 9.87. The Morgan fingerprint density at radius 3 is 2.22 bits per heavy atom. The molecule has 1 aliphatic heterocycles. The molecular weight excluding hydrogens is 403 g/mol. The van der Waals surface area contributed by atoms with Gasteiger partial charge in [0.2, 0.25) is 0 Å². The second-order valence-electron chi connectivity index (χ2n) is 8.45. The first-order valence-corrected chi connectivity index (χ1v) is 11.4. The zero-order chi connectivity index (χ0) is 22.5. The van der Waals surface area contributed by atoms with E-state index in [1.54, 1.807) is 0 Å². The molecule has 0 spiro atoms. The third kappa shape index (κ3) is 5.13. The van der Waals surface area contributed by atoms with Gasteiger partial charge in [-0.25, -0.2) is 4.39 Å². The third-order valence-corrected chi connectivity index (χ3v) is 6.22. The maximum absolute atomic E-state index is 15.2. The Morgan fingerprint density at radius 2 is 1.56 bits per heavy atom. The first kappa shape index (κ1) is 22.3. The van der Waals surface area contributed by atoms with Crippen molar-refractivity contribution in [2.75, 3.05) is 13.2 Å². The summed E-state index contributed by atoms with van der Waals surface area (Å²) in [4.78, 5) is 0. The minimum Gasteiger partial charge on any atom is -0.494 e. The number of benzene rings is 3. The van der Waals surface area contributed by atoms with Crippen LogP contribution in [0.25, 0.3) is 0 Å². The molecule has 1 aliphatic rings. The van der Waals surface area contributed by atoms with Gasteiger partial charge < -0.3 is 14.2 Å². The van der Waals surface area contributed by atoms with Crippen LogP contribution < -0.4 is 9.47 Å². The smallest absolute Gasteiger partial charge is 0.130 e. The monoisotopic (exact) mass is 434 g/mol. The summed E-state index contributed by atoms with van der Waals surface area (Å²) in [5.74, 6) is 1.59. The van der Waals surface area contributed by atoms with E-state index in [4.69, 9.17) is 14.2 Å². The second kappa shape index (κ2) is 10.2. The Morgan fingerprint density at radius 1 is 0.875 bits per heavy atom. The Kier molecular flexibility index (Phi) is 7.11. The Labute approximate surface area is 190 Å². The quantitative estimate of drug-likeness (QED) is 0.398. The van der Waals surface area contributed by atoms with Gasteiger partial charge in [-0.1, -0.05) is 42.0 Å². The molecule has 3 aromatic carbocycles. The van der Waals surface area contributed by atoms with Gasteiger partial charge in [-0.3, -0.25) is 0 Å². The van der Waals surface area contributed by atoms with E-state index in [1.165, 1.54) is 5.56 Å². The largest absolute Gasteiger partial charge is 0.494 e. The van der Waals surface area contributed by atoms with Gasteiger partial charge in [-0.2, -0.15) is 0 Å². The van der Waals surface area contributed by atoms with Crippen LogP contribution in [-0.4, -0.2) is 13.2 Å². The predicted molar refractivity (Wildman–Crippen MR) is 125 cm³/mol. The molecule has 1 fully saturated rings. The van der Waals surface area contributed by atoms with Gasteiger partial charge >= 0.3 is 0 Å². The molecule has 0 saturated carbocycles. The number of rotatable bonds is 7. The first-order chi connectivity index (χ1) is 15.5. The van der Waals surface area contributed by atoms with Crippen molar-refractivity contribution in [1.29, 1.82) is 0 Å². The fourth-order valence-corrected chi connectivity index (χ4v) is 4.22. The van der Waals surface area contributed by atoms with Crippen molar-refractivity contribution in [3.8, 4) is 11.5 Å². The van der Waals surface area contributed by atoms with Crippen LogP contribution in [0.5, 0.6) is 11.5 Å². The molecule has 1 saturated heterocycles. The molecule has 3 aromatic rings. The third-order valence-electron chi connectivity index (χ3n) is 6.22. The fraction of sp³-hybridized carbons (Fsp3) is 0.357. The second-order valence-corrected chi connectivity index (χ2v) is 8.45. The van der Waals surface area contributed by atoms with Crippen molar-refractivity contribution in [1.82, 2.24) is 0 Å². The van der Waals surface area contributed by atoms with Crippen molar-refractivity contribution in [2.24, 2.45) is 0 Å². The average molecular weight is 435 g/mol. The standard InChI is InChI=1S/C28H31FO3/c1-4-30-24-13-7-21(8-14-24)27-16-10-23(18-32-27)26-15-9-22(20(3)28(26)29)17-31-25-11-5-19(2)6-12-25/h5-9,11-15,23,27H,4,10,16-18H2,1-3H3. The predicted octanol–water partition coefficient (Wildman–Crippen LogP) is 7.06. The zero-order valence-corrected chi connectivity index (χ0v) is 19.1. The maximum Gasteiger partial charge on any atom is 0.130 e. The van der Waals surface area contributed by atoms with Gasteiger partial charge in [-0.05, 0) is 80.1 Å². The SMILES string of the molecule is CCOc1ccc(C2CCC(c3ccc(COc4ccc(C)cc4)c(C)c3F)CO2)cc1. The molecule has 2 unspecified atom stereocenters. The lowest BCUT2D eigenvalue weighted by Gasteiger charge is -2.30. The van der Waals surface area contributed by atoms with Gasteiger partial charge in [0.25, 0.3) is 0 Å². The zero-order valence-electron chi connectivity index (χ0n) is 19.1. The van der Waals surface area contributed by atoms with Crippen molar-refractivity contribution in [2.45, 2.75) is 52.2 Å². The molecule has 0 radical (unpaired) electrons. The van der Waals surface area contributed by atoms with Crippen molar-refractivity contribution >= 4 is 0 Å². The molecule has 4 heteroatoms. The molecule has 0 bridgehead atoms. The number of aryl methyl sites for hydroxylation is 1. The van der Waals surface area contributed by atoms with Crippen LogP contribution >= 0.6 is 0 Å². The van der Waals surface area contributed by atoms with E-state index in [0.29, 0.717) is 25.4 Å². The minimum absolute atomic E-state index is 0.0493.